The van der Waals surface area contributed by atoms with Crippen LogP contribution in [0.4, 0.5) is 9.18 Å². The van der Waals surface area contributed by atoms with E-state index in [1.807, 2.05) is 52.0 Å². The SMILES string of the molecule is Cc1ccccc1[C@@H](O)C[C@H]1C[C@@H](F)CCN1C(=O)OC(C)(C)C. The van der Waals surface area contributed by atoms with Crippen LogP contribution in [0.3, 0.4) is 0 Å². The molecule has 4 nitrogen and oxygen atoms in total. The summed E-state index contributed by atoms with van der Waals surface area (Å²) < 4.78 is 19.3. The van der Waals surface area contributed by atoms with Gasteiger partial charge >= 0.3 is 6.09 Å². The Hall–Kier alpha value is -1.62. The summed E-state index contributed by atoms with van der Waals surface area (Å²) in [5.41, 5.74) is 1.21. The molecule has 2 rings (SSSR count). The highest BCUT2D eigenvalue weighted by molar-refractivity contribution is 5.68. The summed E-state index contributed by atoms with van der Waals surface area (Å²) in [6.07, 6.45) is -1.25. The number of rotatable bonds is 3. The molecule has 1 saturated heterocycles. The number of likely N-dealkylation sites (tertiary alicyclic amines) is 1. The maximum absolute atomic E-state index is 13.9. The molecule has 1 aromatic carbocycles. The van der Waals surface area contributed by atoms with Crippen molar-refractivity contribution in [3.05, 3.63) is 35.4 Å². The first kappa shape index (κ1) is 18.7. The van der Waals surface area contributed by atoms with Crippen LogP contribution in [0.25, 0.3) is 0 Å². The van der Waals surface area contributed by atoms with Gasteiger partial charge in [0.1, 0.15) is 11.8 Å². The van der Waals surface area contributed by atoms with Crippen molar-refractivity contribution in [2.75, 3.05) is 6.54 Å². The van der Waals surface area contributed by atoms with Crippen LogP contribution < -0.4 is 0 Å². The second-order valence-electron chi connectivity index (χ2n) is 7.56. The number of carbonyl (C=O) groups is 1. The molecule has 0 saturated carbocycles. The van der Waals surface area contributed by atoms with E-state index in [4.69, 9.17) is 4.74 Å². The average Bonchev–Trinajstić information content (AvgIpc) is 2.45. The van der Waals surface area contributed by atoms with E-state index in [1.165, 1.54) is 0 Å². The number of hydrogen-bond donors (Lipinski definition) is 1. The third-order valence-corrected chi connectivity index (χ3v) is 4.32. The normalized spacial score (nSPS) is 23.0. The first-order chi connectivity index (χ1) is 11.2. The monoisotopic (exact) mass is 337 g/mol. The molecule has 1 aliphatic rings. The van der Waals surface area contributed by atoms with Crippen LogP contribution in [0.2, 0.25) is 0 Å². The minimum atomic E-state index is -0.947. The topological polar surface area (TPSA) is 49.8 Å². The summed E-state index contributed by atoms with van der Waals surface area (Å²) in [5, 5.41) is 10.6. The van der Waals surface area contributed by atoms with Gasteiger partial charge < -0.3 is 14.7 Å². The zero-order valence-electron chi connectivity index (χ0n) is 15.0. The summed E-state index contributed by atoms with van der Waals surface area (Å²) in [4.78, 5) is 14.0. The smallest absolute Gasteiger partial charge is 0.410 e. The number of nitrogens with zero attached hydrogens (tertiary/aromatic N) is 1. The van der Waals surface area contributed by atoms with Crippen LogP contribution in [0.5, 0.6) is 0 Å². The van der Waals surface area contributed by atoms with Crippen LogP contribution >= 0.6 is 0 Å². The molecule has 0 aromatic heterocycles. The number of aliphatic hydroxyl groups excluding tert-OH is 1. The molecule has 24 heavy (non-hydrogen) atoms. The lowest BCUT2D eigenvalue weighted by Gasteiger charge is -2.39. The summed E-state index contributed by atoms with van der Waals surface area (Å²) in [6, 6.07) is 7.22. The van der Waals surface area contributed by atoms with Crippen LogP contribution in [0, 0.1) is 6.92 Å². The van der Waals surface area contributed by atoms with E-state index in [0.29, 0.717) is 19.4 Å². The van der Waals surface area contributed by atoms with Gasteiger partial charge in [0.2, 0.25) is 0 Å². The van der Waals surface area contributed by atoms with Crippen LogP contribution in [-0.2, 0) is 4.74 Å². The number of amides is 1. The van der Waals surface area contributed by atoms with Crippen molar-refractivity contribution in [3.63, 3.8) is 0 Å². The molecule has 5 heteroatoms. The largest absolute Gasteiger partial charge is 0.444 e. The molecule has 1 N–H and O–H groups in total. The number of alkyl halides is 1. The molecule has 0 aliphatic carbocycles. The van der Waals surface area contributed by atoms with Gasteiger partial charge in [0.15, 0.2) is 0 Å². The van der Waals surface area contributed by atoms with Gasteiger partial charge in [0.25, 0.3) is 0 Å². The Kier molecular flexibility index (Phi) is 5.86. The number of benzene rings is 1. The molecule has 134 valence electrons. The lowest BCUT2D eigenvalue weighted by Crippen LogP contribution is -2.49. The number of halogens is 1. The van der Waals surface area contributed by atoms with Crippen molar-refractivity contribution in [1.82, 2.24) is 4.90 Å². The van der Waals surface area contributed by atoms with Gasteiger partial charge in [-0.25, -0.2) is 9.18 Å². The Morgan fingerprint density at radius 2 is 2.08 bits per heavy atom. The summed E-state index contributed by atoms with van der Waals surface area (Å²) in [5.74, 6) is 0. The third-order valence-electron chi connectivity index (χ3n) is 4.32. The van der Waals surface area contributed by atoms with Gasteiger partial charge in [-0.3, -0.25) is 0 Å². The van der Waals surface area contributed by atoms with Gasteiger partial charge in [-0.05, 0) is 58.1 Å². The Bertz CT molecular complexity index is 570. The summed E-state index contributed by atoms with van der Waals surface area (Å²) in [7, 11) is 0. The lowest BCUT2D eigenvalue weighted by molar-refractivity contribution is -0.00669. The molecular weight excluding hydrogens is 309 g/mol. The van der Waals surface area contributed by atoms with Crippen LogP contribution in [0.1, 0.15) is 57.3 Å². The number of aryl methyl sites for hydroxylation is 1. The maximum Gasteiger partial charge on any atom is 0.410 e. The maximum atomic E-state index is 13.9. The number of ether oxygens (including phenoxy) is 1. The number of hydrogen-bond acceptors (Lipinski definition) is 3. The predicted octanol–water partition coefficient (Wildman–Crippen LogP) is 4.16. The Morgan fingerprint density at radius 1 is 1.42 bits per heavy atom. The van der Waals surface area contributed by atoms with E-state index in [2.05, 4.69) is 0 Å². The second kappa shape index (κ2) is 7.51. The molecule has 0 bridgehead atoms. The third kappa shape index (κ3) is 4.94. The fraction of sp³-hybridized carbons (Fsp3) is 0.632. The molecule has 1 aromatic rings. The molecule has 1 amide bonds. The van der Waals surface area contributed by atoms with E-state index in [-0.39, 0.29) is 12.5 Å². The van der Waals surface area contributed by atoms with Crippen molar-refractivity contribution in [2.45, 2.75) is 70.9 Å². The number of piperidine rings is 1. The van der Waals surface area contributed by atoms with Crippen LogP contribution in [-0.4, -0.2) is 40.5 Å². The van der Waals surface area contributed by atoms with E-state index >= 15 is 0 Å². The minimum absolute atomic E-state index is 0.238. The molecule has 1 aliphatic heterocycles. The van der Waals surface area contributed by atoms with Crippen molar-refractivity contribution in [2.24, 2.45) is 0 Å². The van der Waals surface area contributed by atoms with E-state index in [1.54, 1.807) is 4.90 Å². The molecule has 0 spiro atoms. The summed E-state index contributed by atoms with van der Waals surface area (Å²) in [6.45, 7) is 7.68. The van der Waals surface area contributed by atoms with Gasteiger partial charge in [-0.15, -0.1) is 0 Å². The highest BCUT2D eigenvalue weighted by atomic mass is 19.1. The van der Waals surface area contributed by atoms with Gasteiger partial charge in [0.05, 0.1) is 6.10 Å². The summed E-state index contributed by atoms with van der Waals surface area (Å²) >= 11 is 0. The van der Waals surface area contributed by atoms with Gasteiger partial charge in [0, 0.05) is 12.6 Å². The zero-order chi connectivity index (χ0) is 17.9. The van der Waals surface area contributed by atoms with E-state index < -0.39 is 24.0 Å². The quantitative estimate of drug-likeness (QED) is 0.901. The molecule has 0 unspecified atom stereocenters. The Labute approximate surface area is 143 Å². The second-order valence-corrected chi connectivity index (χ2v) is 7.56. The Morgan fingerprint density at radius 3 is 2.71 bits per heavy atom. The fourth-order valence-electron chi connectivity index (χ4n) is 3.13. The Balaban J connectivity index is 2.11. The standard InChI is InChI=1S/C19H28FNO3/c1-13-7-5-6-8-16(13)17(22)12-15-11-14(20)9-10-21(15)18(23)24-19(2,3)4/h5-8,14-15,17,22H,9-12H2,1-4H3/t14-,15+,17-/m0/s1. The molecular formula is C19H28FNO3. The lowest BCUT2D eigenvalue weighted by atomic mass is 9.92. The minimum Gasteiger partial charge on any atom is -0.444 e. The van der Waals surface area contributed by atoms with Crippen molar-refractivity contribution in [3.8, 4) is 0 Å². The van der Waals surface area contributed by atoms with E-state index in [0.717, 1.165) is 11.1 Å². The molecule has 1 heterocycles. The number of carbonyl (C=O) groups excluding carboxylic acids is 1. The van der Waals surface area contributed by atoms with Crippen molar-refractivity contribution < 1.29 is 19.0 Å². The zero-order valence-corrected chi connectivity index (χ0v) is 15.0. The first-order valence-electron chi connectivity index (χ1n) is 8.54. The van der Waals surface area contributed by atoms with Gasteiger partial charge in [-0.1, -0.05) is 24.3 Å². The highest BCUT2D eigenvalue weighted by Gasteiger charge is 2.35. The number of aliphatic hydroxyl groups is 1. The highest BCUT2D eigenvalue weighted by Crippen LogP contribution is 2.30. The van der Waals surface area contributed by atoms with Crippen LogP contribution in [0.15, 0.2) is 24.3 Å². The molecule has 1 fully saturated rings. The van der Waals surface area contributed by atoms with Gasteiger partial charge in [-0.2, -0.15) is 0 Å². The average molecular weight is 337 g/mol. The van der Waals surface area contributed by atoms with Crippen molar-refractivity contribution >= 4 is 6.09 Å². The fourth-order valence-corrected chi connectivity index (χ4v) is 3.13. The first-order valence-corrected chi connectivity index (χ1v) is 8.54. The molecule has 0 radical (unpaired) electrons. The van der Waals surface area contributed by atoms with Crippen molar-refractivity contribution in [1.29, 1.82) is 0 Å². The van der Waals surface area contributed by atoms with E-state index in [9.17, 15) is 14.3 Å². The molecule has 3 atom stereocenters. The predicted molar refractivity (Wildman–Crippen MR) is 91.6 cm³/mol.